The number of carbonyl (C=O) groups excluding carboxylic acids is 2. The van der Waals surface area contributed by atoms with Crippen molar-refractivity contribution in [1.82, 2.24) is 9.99 Å². The molecule has 1 heterocycles. The van der Waals surface area contributed by atoms with E-state index in [-0.39, 0.29) is 6.16 Å². The maximum Gasteiger partial charge on any atom is 0.340 e. The zero-order valence-corrected chi connectivity index (χ0v) is 21.3. The summed E-state index contributed by atoms with van der Waals surface area (Å²) in [5.41, 5.74) is 1.50. The van der Waals surface area contributed by atoms with Crippen LogP contribution < -0.4 is 5.09 Å². The molecular weight excluding hydrogens is 483 g/mol. The minimum atomic E-state index is -3.60. The van der Waals surface area contributed by atoms with Crippen LogP contribution in [0.15, 0.2) is 60.7 Å². The first-order valence-electron chi connectivity index (χ1n) is 12.1. The van der Waals surface area contributed by atoms with Gasteiger partial charge in [0.05, 0.1) is 11.6 Å². The molecule has 3 atom stereocenters. The van der Waals surface area contributed by atoms with E-state index in [0.29, 0.717) is 31.4 Å². The fourth-order valence-electron chi connectivity index (χ4n) is 4.17. The van der Waals surface area contributed by atoms with Crippen LogP contribution in [0.1, 0.15) is 48.5 Å². The van der Waals surface area contributed by atoms with Gasteiger partial charge < -0.3 is 14.7 Å². The summed E-state index contributed by atoms with van der Waals surface area (Å²) < 4.78 is 24.4. The average Bonchev–Trinajstić information content (AvgIpc) is 3.38. The van der Waals surface area contributed by atoms with Crippen molar-refractivity contribution < 1.29 is 33.3 Å². The molecule has 10 heteroatoms. The van der Waals surface area contributed by atoms with Crippen molar-refractivity contribution in [2.24, 2.45) is 0 Å². The molecule has 1 saturated heterocycles. The van der Waals surface area contributed by atoms with Gasteiger partial charge in [-0.15, -0.1) is 0 Å². The second-order valence-electron chi connectivity index (χ2n) is 8.76. The lowest BCUT2D eigenvalue weighted by Gasteiger charge is -2.28. The van der Waals surface area contributed by atoms with E-state index in [1.807, 2.05) is 30.3 Å². The highest BCUT2D eigenvalue weighted by Gasteiger charge is 2.38. The molecule has 0 aromatic heterocycles. The Kier molecular flexibility index (Phi) is 10.2. The molecule has 0 radical (unpaired) electrons. The number of carboxylic acids is 1. The monoisotopic (exact) mass is 516 g/mol. The summed E-state index contributed by atoms with van der Waals surface area (Å²) in [5, 5.41) is 12.2. The van der Waals surface area contributed by atoms with E-state index in [2.05, 4.69) is 5.09 Å². The summed E-state index contributed by atoms with van der Waals surface area (Å²) in [5.74, 6) is -2.12. The highest BCUT2D eigenvalue weighted by atomic mass is 31.2. The number of carboxylic acid groups (broad SMARTS) is 1. The van der Waals surface area contributed by atoms with Crippen LogP contribution in [0.3, 0.4) is 0 Å². The molecular formula is C26H33N2O7P. The van der Waals surface area contributed by atoms with Gasteiger partial charge in [-0.3, -0.25) is 13.9 Å². The number of aryl methyl sites for hydroxylation is 1. The minimum absolute atomic E-state index is 0.128. The molecule has 194 valence electrons. The number of hydrogen-bond donors (Lipinski definition) is 2. The van der Waals surface area contributed by atoms with E-state index in [1.54, 1.807) is 30.3 Å². The Morgan fingerprint density at radius 3 is 2.42 bits per heavy atom. The van der Waals surface area contributed by atoms with Crippen LogP contribution in [-0.2, 0) is 29.8 Å². The summed E-state index contributed by atoms with van der Waals surface area (Å²) in [4.78, 5) is 38.0. The Labute approximate surface area is 211 Å². The van der Waals surface area contributed by atoms with Gasteiger partial charge >= 0.3 is 11.9 Å². The van der Waals surface area contributed by atoms with Crippen LogP contribution in [0, 0.1) is 0 Å². The van der Waals surface area contributed by atoms with Gasteiger partial charge in [0.15, 0.2) is 0 Å². The number of nitrogens with one attached hydrogen (secondary N) is 1. The number of hydrogen-bond acceptors (Lipinski definition) is 6. The molecule has 0 spiro atoms. The number of unbranched alkanes of at least 4 members (excludes halogenated alkanes) is 1. The summed E-state index contributed by atoms with van der Waals surface area (Å²) in [6, 6.07) is 16.4. The number of ether oxygens (including phenoxy) is 1. The lowest BCUT2D eigenvalue weighted by molar-refractivity contribution is -0.148. The van der Waals surface area contributed by atoms with Crippen molar-refractivity contribution >= 4 is 25.4 Å². The minimum Gasteiger partial charge on any atom is -0.480 e. The molecule has 1 amide bonds. The number of likely N-dealkylation sites (tertiary alicyclic amines) is 1. The molecule has 3 rings (SSSR count). The highest BCUT2D eigenvalue weighted by Crippen LogP contribution is 2.44. The number of rotatable bonds is 13. The molecule has 1 aliphatic rings. The van der Waals surface area contributed by atoms with Crippen molar-refractivity contribution in [3.05, 3.63) is 71.8 Å². The first kappa shape index (κ1) is 27.6. The first-order chi connectivity index (χ1) is 17.3. The number of carbonyl (C=O) groups is 3. The van der Waals surface area contributed by atoms with Gasteiger partial charge in [0, 0.05) is 12.7 Å². The van der Waals surface area contributed by atoms with Crippen molar-refractivity contribution in [3.63, 3.8) is 0 Å². The van der Waals surface area contributed by atoms with Crippen LogP contribution in [0.25, 0.3) is 0 Å². The lowest BCUT2D eigenvalue weighted by atomic mass is 10.1. The van der Waals surface area contributed by atoms with Crippen LogP contribution in [0.2, 0.25) is 0 Å². The molecule has 1 unspecified atom stereocenters. The van der Waals surface area contributed by atoms with E-state index in [4.69, 9.17) is 9.26 Å². The molecule has 2 aromatic rings. The van der Waals surface area contributed by atoms with Gasteiger partial charge in [-0.2, -0.15) is 0 Å². The standard InChI is InChI=1S/C26H33N2O7P/c1-20(24(29)28-17-10-16-23(28)25(30)31)27-36(33,18-9-8-13-21-11-4-2-5-12-21)35-19-34-26(32)22-14-6-3-7-15-22/h2-7,11-12,14-15,20,23H,8-10,13,16-19H2,1H3,(H,27,33)(H,30,31)/t20-,23-,36?/m0/s1. The number of esters is 1. The first-order valence-corrected chi connectivity index (χ1v) is 13.9. The molecule has 0 saturated carbocycles. The third-order valence-corrected chi connectivity index (χ3v) is 8.26. The predicted molar refractivity (Wildman–Crippen MR) is 135 cm³/mol. The Balaban J connectivity index is 1.60. The number of amides is 1. The molecule has 0 bridgehead atoms. The van der Waals surface area contributed by atoms with Gasteiger partial charge in [-0.05, 0) is 56.7 Å². The zero-order chi connectivity index (χ0) is 26.0. The van der Waals surface area contributed by atoms with Crippen LogP contribution in [0.5, 0.6) is 0 Å². The third-order valence-electron chi connectivity index (χ3n) is 6.05. The SMILES string of the molecule is C[C@H](NP(=O)(CCCCc1ccccc1)OCOC(=O)c1ccccc1)C(=O)N1CCC[C@H]1C(=O)O. The van der Waals surface area contributed by atoms with Crippen molar-refractivity contribution in [2.75, 3.05) is 19.5 Å². The van der Waals surface area contributed by atoms with Crippen LogP contribution in [0.4, 0.5) is 0 Å². The third kappa shape index (κ3) is 8.01. The quantitative estimate of drug-likeness (QED) is 0.177. The molecule has 0 aliphatic carbocycles. The molecule has 1 aliphatic heterocycles. The van der Waals surface area contributed by atoms with Gasteiger partial charge in [-0.25, -0.2) is 14.7 Å². The van der Waals surface area contributed by atoms with Crippen molar-refractivity contribution in [1.29, 1.82) is 0 Å². The molecule has 1 fully saturated rings. The van der Waals surface area contributed by atoms with Gasteiger partial charge in [0.25, 0.3) is 7.52 Å². The Hall–Kier alpha value is -3.00. The average molecular weight is 517 g/mol. The van der Waals surface area contributed by atoms with E-state index >= 15 is 0 Å². The molecule has 9 nitrogen and oxygen atoms in total. The topological polar surface area (TPSA) is 122 Å². The Bertz CT molecular complexity index is 1060. The number of aliphatic carboxylic acids is 1. The second kappa shape index (κ2) is 13.3. The summed E-state index contributed by atoms with van der Waals surface area (Å²) in [6.45, 7) is 1.33. The normalized spacial score (nSPS) is 17.8. The molecule has 36 heavy (non-hydrogen) atoms. The van der Waals surface area contributed by atoms with E-state index in [9.17, 15) is 24.1 Å². The Morgan fingerprint density at radius 2 is 1.75 bits per heavy atom. The number of benzene rings is 2. The van der Waals surface area contributed by atoms with Crippen LogP contribution >= 0.6 is 7.52 Å². The maximum absolute atomic E-state index is 13.7. The van der Waals surface area contributed by atoms with Crippen LogP contribution in [-0.4, -0.2) is 59.4 Å². The van der Waals surface area contributed by atoms with Crippen molar-refractivity contribution in [2.45, 2.75) is 51.1 Å². The van der Waals surface area contributed by atoms with Gasteiger partial charge in [-0.1, -0.05) is 48.5 Å². The summed E-state index contributed by atoms with van der Waals surface area (Å²) in [7, 11) is -3.60. The zero-order valence-electron chi connectivity index (χ0n) is 20.4. The summed E-state index contributed by atoms with van der Waals surface area (Å²) in [6.07, 6.45) is 3.21. The lowest BCUT2D eigenvalue weighted by Crippen LogP contribution is -2.48. The number of nitrogens with zero attached hydrogens (tertiary/aromatic N) is 1. The van der Waals surface area contributed by atoms with E-state index in [0.717, 1.165) is 18.4 Å². The fourth-order valence-corrected chi connectivity index (χ4v) is 6.07. The van der Waals surface area contributed by atoms with Gasteiger partial charge in [0.1, 0.15) is 6.04 Å². The second-order valence-corrected chi connectivity index (χ2v) is 11.1. The fraction of sp³-hybridized carbons (Fsp3) is 0.423. The van der Waals surface area contributed by atoms with E-state index < -0.39 is 44.2 Å². The smallest absolute Gasteiger partial charge is 0.340 e. The maximum atomic E-state index is 13.7. The molecule has 2 N–H and O–H groups in total. The van der Waals surface area contributed by atoms with Crippen molar-refractivity contribution in [3.8, 4) is 0 Å². The van der Waals surface area contributed by atoms with E-state index in [1.165, 1.54) is 11.8 Å². The largest absolute Gasteiger partial charge is 0.480 e. The molecule has 2 aromatic carbocycles. The summed E-state index contributed by atoms with van der Waals surface area (Å²) >= 11 is 0. The highest BCUT2D eigenvalue weighted by molar-refractivity contribution is 7.56. The Morgan fingerprint density at radius 1 is 1.08 bits per heavy atom. The predicted octanol–water partition coefficient (Wildman–Crippen LogP) is 4.09. The van der Waals surface area contributed by atoms with Gasteiger partial charge in [0.2, 0.25) is 12.7 Å².